The average Bonchev–Trinajstić information content (AvgIpc) is 3.05. The molecule has 0 radical (unpaired) electrons. The number of nitrogens with one attached hydrogen (secondary N) is 2. The molecule has 0 spiro atoms. The van der Waals surface area contributed by atoms with Gasteiger partial charge in [-0.1, -0.05) is 6.07 Å². The topological polar surface area (TPSA) is 44.9 Å². The summed E-state index contributed by atoms with van der Waals surface area (Å²) < 4.78 is 14.3. The summed E-state index contributed by atoms with van der Waals surface area (Å²) in [6.07, 6.45) is 3.63. The molecule has 3 rings (SSSR count). The van der Waals surface area contributed by atoms with E-state index >= 15 is 0 Å². The minimum absolute atomic E-state index is 0.179. The second-order valence-electron chi connectivity index (χ2n) is 4.16. The van der Waals surface area contributed by atoms with E-state index in [0.717, 1.165) is 10.3 Å². The Morgan fingerprint density at radius 1 is 1.37 bits per heavy atom. The Kier molecular flexibility index (Phi) is 3.05. The van der Waals surface area contributed by atoms with Gasteiger partial charge in [-0.25, -0.2) is 4.39 Å². The molecule has 2 heterocycles. The molecule has 0 atom stereocenters. The van der Waals surface area contributed by atoms with Crippen LogP contribution >= 0.6 is 11.3 Å². The van der Waals surface area contributed by atoms with Gasteiger partial charge in [-0.3, -0.25) is 4.79 Å². The van der Waals surface area contributed by atoms with Crippen LogP contribution in [0.25, 0.3) is 10.1 Å². The third kappa shape index (κ3) is 2.37. The molecule has 1 amide bonds. The van der Waals surface area contributed by atoms with Gasteiger partial charge in [-0.05, 0) is 29.8 Å². The van der Waals surface area contributed by atoms with Crippen LogP contribution in [-0.2, 0) is 6.54 Å². The Bertz CT molecular complexity index is 718. The van der Waals surface area contributed by atoms with Crippen LogP contribution in [0.3, 0.4) is 0 Å². The maximum Gasteiger partial charge on any atom is 0.261 e. The summed E-state index contributed by atoms with van der Waals surface area (Å²) in [5.41, 5.74) is 1.00. The van der Waals surface area contributed by atoms with Gasteiger partial charge in [0, 0.05) is 29.0 Å². The predicted molar refractivity (Wildman–Crippen MR) is 73.7 cm³/mol. The Labute approximate surface area is 113 Å². The van der Waals surface area contributed by atoms with E-state index in [4.69, 9.17) is 0 Å². The number of hydrogen-bond acceptors (Lipinski definition) is 2. The molecule has 2 N–H and O–H groups in total. The summed E-state index contributed by atoms with van der Waals surface area (Å²) in [6.45, 7) is 0.457. The van der Waals surface area contributed by atoms with Crippen molar-refractivity contribution < 1.29 is 9.18 Å². The summed E-state index contributed by atoms with van der Waals surface area (Å²) in [4.78, 5) is 15.4. The second-order valence-corrected chi connectivity index (χ2v) is 5.25. The normalized spacial score (nSPS) is 10.8. The first-order valence-electron chi connectivity index (χ1n) is 5.82. The molecule has 2 aromatic heterocycles. The number of carbonyl (C=O) groups is 1. The van der Waals surface area contributed by atoms with Gasteiger partial charge in [-0.15, -0.1) is 11.3 Å². The van der Waals surface area contributed by atoms with Crippen LogP contribution in [0.4, 0.5) is 4.39 Å². The quantitative estimate of drug-likeness (QED) is 0.756. The van der Waals surface area contributed by atoms with E-state index in [1.54, 1.807) is 18.3 Å². The highest BCUT2D eigenvalue weighted by molar-refractivity contribution is 7.20. The lowest BCUT2D eigenvalue weighted by atomic mass is 10.2. The van der Waals surface area contributed by atoms with Crippen LogP contribution in [0.2, 0.25) is 0 Å². The molecule has 0 saturated carbocycles. The lowest BCUT2D eigenvalue weighted by Gasteiger charge is -2.00. The van der Waals surface area contributed by atoms with E-state index in [0.29, 0.717) is 16.8 Å². The van der Waals surface area contributed by atoms with Crippen LogP contribution < -0.4 is 5.32 Å². The van der Waals surface area contributed by atoms with E-state index < -0.39 is 0 Å². The SMILES string of the molecule is O=C(NCc1cc[nH]c1)c1cc2c(F)cccc2s1. The fourth-order valence-corrected chi connectivity index (χ4v) is 2.87. The molecule has 1 aromatic carbocycles. The Morgan fingerprint density at radius 3 is 3.00 bits per heavy atom. The van der Waals surface area contributed by atoms with Gasteiger partial charge >= 0.3 is 0 Å². The largest absolute Gasteiger partial charge is 0.367 e. The monoisotopic (exact) mass is 274 g/mol. The number of H-pyrrole nitrogens is 1. The van der Waals surface area contributed by atoms with Crippen LogP contribution in [0, 0.1) is 5.82 Å². The Morgan fingerprint density at radius 2 is 2.26 bits per heavy atom. The van der Waals surface area contributed by atoms with Crippen molar-refractivity contribution in [1.82, 2.24) is 10.3 Å². The zero-order valence-corrected chi connectivity index (χ0v) is 10.8. The lowest BCUT2D eigenvalue weighted by Crippen LogP contribution is -2.21. The summed E-state index contributed by atoms with van der Waals surface area (Å²) in [5.74, 6) is -0.472. The standard InChI is InChI=1S/C14H11FN2OS/c15-11-2-1-3-12-10(11)6-13(19-12)14(18)17-8-9-4-5-16-7-9/h1-7,16H,8H2,(H,17,18). The van der Waals surface area contributed by atoms with Crippen LogP contribution in [-0.4, -0.2) is 10.9 Å². The number of hydrogen-bond donors (Lipinski definition) is 2. The van der Waals surface area contributed by atoms with Gasteiger partial charge in [0.25, 0.3) is 5.91 Å². The molecule has 3 aromatic rings. The van der Waals surface area contributed by atoms with Crippen molar-refractivity contribution in [2.75, 3.05) is 0 Å². The number of benzene rings is 1. The zero-order chi connectivity index (χ0) is 13.2. The molecule has 5 heteroatoms. The number of aromatic nitrogens is 1. The van der Waals surface area contributed by atoms with E-state index in [9.17, 15) is 9.18 Å². The first kappa shape index (κ1) is 11.9. The molecule has 0 unspecified atom stereocenters. The van der Waals surface area contributed by atoms with Gasteiger partial charge in [0.05, 0.1) is 4.88 Å². The molecule has 0 bridgehead atoms. The third-order valence-corrected chi connectivity index (χ3v) is 3.95. The Hall–Kier alpha value is -2.14. The second kappa shape index (κ2) is 4.85. The number of halogens is 1. The smallest absolute Gasteiger partial charge is 0.261 e. The molecule has 0 aliphatic rings. The molecule has 0 fully saturated rings. The first-order chi connectivity index (χ1) is 9.24. The van der Waals surface area contributed by atoms with Crippen molar-refractivity contribution in [3.8, 4) is 0 Å². The van der Waals surface area contributed by atoms with E-state index in [1.807, 2.05) is 18.3 Å². The maximum absolute atomic E-state index is 13.5. The van der Waals surface area contributed by atoms with Crippen LogP contribution in [0.15, 0.2) is 42.7 Å². The predicted octanol–water partition coefficient (Wildman–Crippen LogP) is 3.30. The van der Waals surface area contributed by atoms with Crippen LogP contribution in [0.5, 0.6) is 0 Å². The van der Waals surface area contributed by atoms with E-state index in [2.05, 4.69) is 10.3 Å². The molecule has 0 saturated heterocycles. The molecular formula is C14H11FN2OS. The number of fused-ring (bicyclic) bond motifs is 1. The molecule has 96 valence electrons. The van der Waals surface area contributed by atoms with E-state index in [-0.39, 0.29) is 11.7 Å². The highest BCUT2D eigenvalue weighted by Gasteiger charge is 2.12. The van der Waals surface area contributed by atoms with Gasteiger partial charge in [0.1, 0.15) is 5.82 Å². The van der Waals surface area contributed by atoms with Crippen molar-refractivity contribution in [1.29, 1.82) is 0 Å². The summed E-state index contributed by atoms with van der Waals surface area (Å²) in [5, 5.41) is 3.31. The number of thiophene rings is 1. The van der Waals surface area contributed by atoms with Gasteiger partial charge in [0.2, 0.25) is 0 Å². The van der Waals surface area contributed by atoms with Crippen molar-refractivity contribution in [2.45, 2.75) is 6.54 Å². The number of rotatable bonds is 3. The fraction of sp³-hybridized carbons (Fsp3) is 0.0714. The molecule has 0 aliphatic carbocycles. The van der Waals surface area contributed by atoms with Crippen molar-refractivity contribution in [2.24, 2.45) is 0 Å². The molecular weight excluding hydrogens is 263 g/mol. The van der Waals surface area contributed by atoms with E-state index in [1.165, 1.54) is 17.4 Å². The Balaban J connectivity index is 1.80. The minimum atomic E-state index is -0.293. The third-order valence-electron chi connectivity index (χ3n) is 2.85. The van der Waals surface area contributed by atoms with Crippen molar-refractivity contribution >= 4 is 27.3 Å². The van der Waals surface area contributed by atoms with Crippen LogP contribution in [0.1, 0.15) is 15.2 Å². The number of carbonyl (C=O) groups excluding carboxylic acids is 1. The van der Waals surface area contributed by atoms with Crippen molar-refractivity contribution in [3.05, 3.63) is 59.0 Å². The highest BCUT2D eigenvalue weighted by Crippen LogP contribution is 2.27. The van der Waals surface area contributed by atoms with Gasteiger partial charge < -0.3 is 10.3 Å². The molecule has 0 aliphatic heterocycles. The summed E-state index contributed by atoms with van der Waals surface area (Å²) in [6, 6.07) is 8.35. The first-order valence-corrected chi connectivity index (χ1v) is 6.63. The minimum Gasteiger partial charge on any atom is -0.367 e. The number of amides is 1. The lowest BCUT2D eigenvalue weighted by molar-refractivity contribution is 0.0955. The average molecular weight is 274 g/mol. The zero-order valence-electron chi connectivity index (χ0n) is 9.94. The van der Waals surface area contributed by atoms with Gasteiger partial charge in [0.15, 0.2) is 0 Å². The highest BCUT2D eigenvalue weighted by atomic mass is 32.1. The fourth-order valence-electron chi connectivity index (χ4n) is 1.88. The number of aromatic amines is 1. The molecule has 19 heavy (non-hydrogen) atoms. The molecule has 3 nitrogen and oxygen atoms in total. The van der Waals surface area contributed by atoms with Gasteiger partial charge in [-0.2, -0.15) is 0 Å². The summed E-state index contributed by atoms with van der Waals surface area (Å²) >= 11 is 1.30. The van der Waals surface area contributed by atoms with Crippen molar-refractivity contribution in [3.63, 3.8) is 0 Å². The maximum atomic E-state index is 13.5. The summed E-state index contributed by atoms with van der Waals surface area (Å²) in [7, 11) is 0.